The summed E-state index contributed by atoms with van der Waals surface area (Å²) < 4.78 is 2.28. The first-order valence-electron chi connectivity index (χ1n) is 8.20. The van der Waals surface area contributed by atoms with Gasteiger partial charge in [0.15, 0.2) is 0 Å². The summed E-state index contributed by atoms with van der Waals surface area (Å²) >= 11 is 0. The van der Waals surface area contributed by atoms with Gasteiger partial charge in [0.25, 0.3) is 0 Å². The fourth-order valence-electron chi connectivity index (χ4n) is 3.77. The number of aliphatic hydroxyl groups excluding tert-OH is 1. The quantitative estimate of drug-likeness (QED) is 0.913. The Bertz CT molecular complexity index is 443. The second kappa shape index (κ2) is 6.27. The molecule has 3 rings (SSSR count). The summed E-state index contributed by atoms with van der Waals surface area (Å²) in [6.45, 7) is 5.93. The Balaban J connectivity index is 1.67. The van der Waals surface area contributed by atoms with Gasteiger partial charge in [0, 0.05) is 44.1 Å². The van der Waals surface area contributed by atoms with Crippen LogP contribution in [0.3, 0.4) is 0 Å². The molecule has 4 heteroatoms. The fourth-order valence-corrected chi connectivity index (χ4v) is 3.77. The van der Waals surface area contributed by atoms with Crippen molar-refractivity contribution in [3.63, 3.8) is 0 Å². The minimum atomic E-state index is 0.305. The van der Waals surface area contributed by atoms with Crippen LogP contribution in [0.1, 0.15) is 44.1 Å². The van der Waals surface area contributed by atoms with E-state index in [9.17, 15) is 5.11 Å². The molecular formula is C16H27N3O. The second-order valence-corrected chi connectivity index (χ2v) is 6.37. The van der Waals surface area contributed by atoms with Crippen molar-refractivity contribution in [2.45, 2.75) is 58.0 Å². The summed E-state index contributed by atoms with van der Waals surface area (Å²) in [4.78, 5) is 7.45. The van der Waals surface area contributed by atoms with Crippen LogP contribution in [-0.4, -0.2) is 45.3 Å². The molecule has 0 saturated carbocycles. The van der Waals surface area contributed by atoms with Crippen LogP contribution in [0.4, 0.5) is 0 Å². The largest absolute Gasteiger partial charge is 0.396 e. The topological polar surface area (TPSA) is 41.3 Å². The molecule has 0 bridgehead atoms. The van der Waals surface area contributed by atoms with E-state index in [1.54, 1.807) is 0 Å². The van der Waals surface area contributed by atoms with E-state index in [0.29, 0.717) is 18.6 Å². The van der Waals surface area contributed by atoms with Crippen LogP contribution in [0.2, 0.25) is 0 Å². The molecule has 2 aliphatic heterocycles. The lowest BCUT2D eigenvalue weighted by Crippen LogP contribution is -2.40. The van der Waals surface area contributed by atoms with Crippen molar-refractivity contribution < 1.29 is 5.11 Å². The van der Waals surface area contributed by atoms with Gasteiger partial charge in [-0.15, -0.1) is 0 Å². The van der Waals surface area contributed by atoms with E-state index in [4.69, 9.17) is 4.98 Å². The standard InChI is InChI=1S/C16H27N3O/c1-2-18-8-4-3-5-15(18)9-14-11-19-10-13(12-20)6-7-16(19)17-14/h11,13,15,20H,2-10,12H2,1H3. The molecule has 20 heavy (non-hydrogen) atoms. The van der Waals surface area contributed by atoms with Gasteiger partial charge in [-0.25, -0.2) is 4.98 Å². The normalized spacial score (nSPS) is 27.5. The SMILES string of the molecule is CCN1CCCCC1Cc1cn2c(n1)CCC(CO)C2. The zero-order chi connectivity index (χ0) is 13.9. The van der Waals surface area contributed by atoms with E-state index >= 15 is 0 Å². The highest BCUT2D eigenvalue weighted by atomic mass is 16.3. The number of likely N-dealkylation sites (N-methyl/N-ethyl adjacent to an activating group) is 1. The summed E-state index contributed by atoms with van der Waals surface area (Å²) in [6.07, 6.45) is 9.46. The first kappa shape index (κ1) is 14.1. The molecule has 1 N–H and O–H groups in total. The van der Waals surface area contributed by atoms with Crippen LogP contribution in [0.5, 0.6) is 0 Å². The zero-order valence-electron chi connectivity index (χ0n) is 12.6. The van der Waals surface area contributed by atoms with E-state index < -0.39 is 0 Å². The molecule has 0 amide bonds. The van der Waals surface area contributed by atoms with E-state index in [-0.39, 0.29) is 0 Å². The first-order chi connectivity index (χ1) is 9.80. The molecule has 2 atom stereocenters. The Morgan fingerprint density at radius 2 is 2.25 bits per heavy atom. The van der Waals surface area contributed by atoms with Gasteiger partial charge in [0.2, 0.25) is 0 Å². The number of imidazole rings is 1. The average molecular weight is 277 g/mol. The second-order valence-electron chi connectivity index (χ2n) is 6.37. The van der Waals surface area contributed by atoms with Gasteiger partial charge in [0.1, 0.15) is 5.82 Å². The fraction of sp³-hybridized carbons (Fsp3) is 0.812. The molecule has 2 unspecified atom stereocenters. The molecule has 1 aromatic heterocycles. The zero-order valence-corrected chi connectivity index (χ0v) is 12.6. The van der Waals surface area contributed by atoms with Crippen molar-refractivity contribution in [2.75, 3.05) is 19.7 Å². The highest BCUT2D eigenvalue weighted by Crippen LogP contribution is 2.23. The van der Waals surface area contributed by atoms with Crippen molar-refractivity contribution in [2.24, 2.45) is 5.92 Å². The van der Waals surface area contributed by atoms with E-state index in [1.807, 2.05) is 0 Å². The third-order valence-electron chi connectivity index (χ3n) is 5.00. The lowest BCUT2D eigenvalue weighted by atomic mass is 9.98. The molecule has 1 saturated heterocycles. The summed E-state index contributed by atoms with van der Waals surface area (Å²) in [5.74, 6) is 1.65. The molecule has 0 radical (unpaired) electrons. The maximum atomic E-state index is 9.31. The Kier molecular flexibility index (Phi) is 4.41. The van der Waals surface area contributed by atoms with Crippen LogP contribution in [0.25, 0.3) is 0 Å². The Morgan fingerprint density at radius 1 is 1.35 bits per heavy atom. The minimum absolute atomic E-state index is 0.305. The van der Waals surface area contributed by atoms with Gasteiger partial charge in [-0.3, -0.25) is 0 Å². The molecule has 4 nitrogen and oxygen atoms in total. The minimum Gasteiger partial charge on any atom is -0.396 e. The van der Waals surface area contributed by atoms with Crippen molar-refractivity contribution in [1.82, 2.24) is 14.5 Å². The Labute approximate surface area is 121 Å². The summed E-state index contributed by atoms with van der Waals surface area (Å²) in [7, 11) is 0. The summed E-state index contributed by atoms with van der Waals surface area (Å²) in [5, 5.41) is 9.31. The molecular weight excluding hydrogens is 250 g/mol. The van der Waals surface area contributed by atoms with Crippen molar-refractivity contribution in [3.8, 4) is 0 Å². The third kappa shape index (κ3) is 2.91. The molecule has 1 aromatic rings. The number of hydrogen-bond donors (Lipinski definition) is 1. The van der Waals surface area contributed by atoms with E-state index in [0.717, 1.165) is 32.4 Å². The van der Waals surface area contributed by atoms with Crippen molar-refractivity contribution in [3.05, 3.63) is 17.7 Å². The van der Waals surface area contributed by atoms with Crippen molar-refractivity contribution >= 4 is 0 Å². The van der Waals surface area contributed by atoms with Gasteiger partial charge in [-0.05, 0) is 32.4 Å². The van der Waals surface area contributed by atoms with E-state index in [2.05, 4.69) is 22.6 Å². The van der Waals surface area contributed by atoms with Crippen LogP contribution in [0.15, 0.2) is 6.20 Å². The number of hydrogen-bond acceptors (Lipinski definition) is 3. The Hall–Kier alpha value is -0.870. The maximum absolute atomic E-state index is 9.31. The van der Waals surface area contributed by atoms with Crippen molar-refractivity contribution in [1.29, 1.82) is 0 Å². The Morgan fingerprint density at radius 3 is 3.05 bits per heavy atom. The first-order valence-corrected chi connectivity index (χ1v) is 8.20. The molecule has 0 spiro atoms. The molecule has 112 valence electrons. The molecule has 3 heterocycles. The number of rotatable bonds is 4. The number of aromatic nitrogens is 2. The lowest BCUT2D eigenvalue weighted by molar-refractivity contribution is 0.154. The number of piperidine rings is 1. The van der Waals surface area contributed by atoms with Gasteiger partial charge in [0.05, 0.1) is 5.69 Å². The number of aliphatic hydroxyl groups is 1. The predicted molar refractivity (Wildman–Crippen MR) is 79.7 cm³/mol. The van der Waals surface area contributed by atoms with E-state index in [1.165, 1.54) is 37.3 Å². The third-order valence-corrected chi connectivity index (χ3v) is 5.00. The monoisotopic (exact) mass is 277 g/mol. The molecule has 2 aliphatic rings. The van der Waals surface area contributed by atoms with Gasteiger partial charge >= 0.3 is 0 Å². The predicted octanol–water partition coefficient (Wildman–Crippen LogP) is 1.85. The van der Waals surface area contributed by atoms with Crippen LogP contribution in [-0.2, 0) is 19.4 Å². The van der Waals surface area contributed by atoms with Gasteiger partial charge in [-0.1, -0.05) is 13.3 Å². The maximum Gasteiger partial charge on any atom is 0.108 e. The summed E-state index contributed by atoms with van der Waals surface area (Å²) in [6, 6.07) is 0.680. The van der Waals surface area contributed by atoms with Crippen LogP contribution in [0, 0.1) is 5.92 Å². The smallest absolute Gasteiger partial charge is 0.108 e. The van der Waals surface area contributed by atoms with Gasteiger partial charge < -0.3 is 14.6 Å². The molecule has 1 fully saturated rings. The lowest BCUT2D eigenvalue weighted by Gasteiger charge is -2.34. The average Bonchev–Trinajstić information content (AvgIpc) is 2.89. The number of fused-ring (bicyclic) bond motifs is 1. The molecule has 0 aliphatic carbocycles. The number of aryl methyl sites for hydroxylation is 1. The van der Waals surface area contributed by atoms with Crippen LogP contribution < -0.4 is 0 Å². The highest BCUT2D eigenvalue weighted by Gasteiger charge is 2.24. The van der Waals surface area contributed by atoms with Crippen LogP contribution >= 0.6 is 0 Å². The molecule has 0 aromatic carbocycles. The van der Waals surface area contributed by atoms with Gasteiger partial charge in [-0.2, -0.15) is 0 Å². The highest BCUT2D eigenvalue weighted by molar-refractivity contribution is 5.09. The summed E-state index contributed by atoms with van der Waals surface area (Å²) in [5.41, 5.74) is 1.25. The number of nitrogens with zero attached hydrogens (tertiary/aromatic N) is 3. The number of likely N-dealkylation sites (tertiary alicyclic amines) is 1.